The third-order valence-electron chi connectivity index (χ3n) is 3.07. The van der Waals surface area contributed by atoms with Gasteiger partial charge in [0.1, 0.15) is 6.73 Å². The monoisotopic (exact) mass is 290 g/mol. The van der Waals surface area contributed by atoms with E-state index in [1.807, 2.05) is 30.3 Å². The predicted molar refractivity (Wildman–Crippen MR) is 76.0 cm³/mol. The molecule has 0 aliphatic carbocycles. The first-order valence-electron chi connectivity index (χ1n) is 6.58. The van der Waals surface area contributed by atoms with E-state index in [0.29, 0.717) is 12.1 Å². The molecule has 1 aliphatic heterocycles. The van der Waals surface area contributed by atoms with Crippen molar-refractivity contribution in [3.05, 3.63) is 47.5 Å². The summed E-state index contributed by atoms with van der Waals surface area (Å²) in [7, 11) is 1.48. The van der Waals surface area contributed by atoms with Crippen molar-refractivity contribution in [2.45, 2.75) is 19.7 Å². The highest BCUT2D eigenvalue weighted by molar-refractivity contribution is 5.95. The number of carbonyl (C=O) groups is 2. The zero-order chi connectivity index (χ0) is 15.2. The summed E-state index contributed by atoms with van der Waals surface area (Å²) in [5.41, 5.74) is 1.50. The van der Waals surface area contributed by atoms with Crippen LogP contribution in [0.3, 0.4) is 0 Å². The lowest BCUT2D eigenvalue weighted by Gasteiger charge is -2.23. The van der Waals surface area contributed by atoms with E-state index in [-0.39, 0.29) is 12.6 Å². The van der Waals surface area contributed by atoms with Crippen LogP contribution in [0, 0.1) is 0 Å². The molecule has 1 aliphatic rings. The summed E-state index contributed by atoms with van der Waals surface area (Å²) in [6.07, 6.45) is 0.292. The van der Waals surface area contributed by atoms with Gasteiger partial charge in [0.25, 0.3) is 5.91 Å². The number of methoxy groups -OCH3 is 1. The van der Waals surface area contributed by atoms with Crippen LogP contribution in [-0.4, -0.2) is 37.0 Å². The number of carbonyl (C=O) groups excluding carboxylic acids is 2. The Kier molecular flexibility index (Phi) is 4.94. The van der Waals surface area contributed by atoms with E-state index in [1.165, 1.54) is 12.0 Å². The van der Waals surface area contributed by atoms with Gasteiger partial charge in [0.2, 0.25) is 6.23 Å². The molecule has 2 amide bonds. The molecule has 0 bridgehead atoms. The van der Waals surface area contributed by atoms with Gasteiger partial charge in [0.15, 0.2) is 0 Å². The van der Waals surface area contributed by atoms with Crippen molar-refractivity contribution in [3.8, 4) is 0 Å². The number of amides is 2. The Morgan fingerprint density at radius 2 is 2.05 bits per heavy atom. The summed E-state index contributed by atoms with van der Waals surface area (Å²) in [5, 5.41) is 2.65. The van der Waals surface area contributed by atoms with Crippen LogP contribution in [0.5, 0.6) is 0 Å². The van der Waals surface area contributed by atoms with Gasteiger partial charge in [0.05, 0.1) is 0 Å². The van der Waals surface area contributed by atoms with Crippen molar-refractivity contribution in [2.24, 2.45) is 0 Å². The molecule has 1 atom stereocenters. The summed E-state index contributed by atoms with van der Waals surface area (Å²) < 4.78 is 10.2. The van der Waals surface area contributed by atoms with E-state index < -0.39 is 12.3 Å². The van der Waals surface area contributed by atoms with Gasteiger partial charge < -0.3 is 14.8 Å². The fraction of sp³-hybridized carbons (Fsp3) is 0.333. The smallest absolute Gasteiger partial charge is 0.409 e. The molecule has 1 aromatic carbocycles. The molecule has 6 heteroatoms. The molecule has 1 aromatic rings. The lowest BCUT2D eigenvalue weighted by molar-refractivity contribution is -0.138. The predicted octanol–water partition coefficient (Wildman–Crippen LogP) is 1.63. The molecule has 1 unspecified atom stereocenters. The molecule has 0 aromatic heterocycles. The molecular weight excluding hydrogens is 272 g/mol. The van der Waals surface area contributed by atoms with Gasteiger partial charge in [-0.3, -0.25) is 9.69 Å². The SMILES string of the molecule is COCN1C(=O)C(C)=CC1OC(=O)NCc1ccccc1. The van der Waals surface area contributed by atoms with E-state index >= 15 is 0 Å². The van der Waals surface area contributed by atoms with Gasteiger partial charge >= 0.3 is 6.09 Å². The molecule has 0 radical (unpaired) electrons. The second-order valence-corrected chi connectivity index (χ2v) is 4.68. The maximum Gasteiger partial charge on any atom is 0.409 e. The van der Waals surface area contributed by atoms with Crippen molar-refractivity contribution < 1.29 is 19.1 Å². The zero-order valence-corrected chi connectivity index (χ0v) is 12.0. The fourth-order valence-corrected chi connectivity index (χ4v) is 2.01. The minimum absolute atomic E-state index is 0.0727. The first-order valence-corrected chi connectivity index (χ1v) is 6.58. The lowest BCUT2D eigenvalue weighted by Crippen LogP contribution is -2.40. The third-order valence-corrected chi connectivity index (χ3v) is 3.07. The Morgan fingerprint density at radius 1 is 1.33 bits per heavy atom. The Morgan fingerprint density at radius 3 is 2.71 bits per heavy atom. The van der Waals surface area contributed by atoms with E-state index in [0.717, 1.165) is 5.56 Å². The number of nitrogens with zero attached hydrogens (tertiary/aromatic N) is 1. The molecule has 112 valence electrons. The van der Waals surface area contributed by atoms with Crippen LogP contribution in [-0.2, 0) is 20.8 Å². The van der Waals surface area contributed by atoms with E-state index in [2.05, 4.69) is 5.32 Å². The molecule has 6 nitrogen and oxygen atoms in total. The number of benzene rings is 1. The van der Waals surface area contributed by atoms with E-state index in [4.69, 9.17) is 9.47 Å². The van der Waals surface area contributed by atoms with Gasteiger partial charge in [-0.15, -0.1) is 0 Å². The summed E-state index contributed by atoms with van der Waals surface area (Å²) in [6.45, 7) is 2.12. The Hall–Kier alpha value is -2.34. The largest absolute Gasteiger partial charge is 0.421 e. The van der Waals surface area contributed by atoms with E-state index in [1.54, 1.807) is 13.0 Å². The first kappa shape index (κ1) is 15.1. The summed E-state index contributed by atoms with van der Waals surface area (Å²) >= 11 is 0. The molecule has 0 spiro atoms. The quantitative estimate of drug-likeness (QED) is 0.895. The standard InChI is InChI=1S/C15H18N2O4/c1-11-8-13(17(10-20-2)14(11)18)21-15(19)16-9-12-6-4-3-5-7-12/h3-8,13H,9-10H2,1-2H3,(H,16,19). The number of nitrogens with one attached hydrogen (secondary N) is 1. The van der Waals surface area contributed by atoms with Crippen LogP contribution < -0.4 is 5.32 Å². The van der Waals surface area contributed by atoms with Crippen molar-refractivity contribution in [3.63, 3.8) is 0 Å². The summed E-state index contributed by atoms with van der Waals surface area (Å²) in [5.74, 6) is -0.197. The van der Waals surface area contributed by atoms with Crippen molar-refractivity contribution >= 4 is 12.0 Å². The van der Waals surface area contributed by atoms with Crippen LogP contribution in [0.1, 0.15) is 12.5 Å². The topological polar surface area (TPSA) is 67.9 Å². The Bertz CT molecular complexity index is 542. The molecule has 1 heterocycles. The van der Waals surface area contributed by atoms with Gasteiger partial charge in [-0.2, -0.15) is 0 Å². The minimum Gasteiger partial charge on any atom is -0.421 e. The molecular formula is C15H18N2O4. The molecule has 21 heavy (non-hydrogen) atoms. The normalized spacial score (nSPS) is 17.6. The molecule has 0 saturated carbocycles. The molecule has 0 saturated heterocycles. The maximum absolute atomic E-state index is 11.8. The van der Waals surface area contributed by atoms with Crippen LogP contribution >= 0.6 is 0 Å². The summed E-state index contributed by atoms with van der Waals surface area (Å²) in [4.78, 5) is 25.0. The zero-order valence-electron chi connectivity index (χ0n) is 12.0. The van der Waals surface area contributed by atoms with Crippen molar-refractivity contribution in [2.75, 3.05) is 13.8 Å². The van der Waals surface area contributed by atoms with Crippen molar-refractivity contribution in [1.29, 1.82) is 0 Å². The second kappa shape index (κ2) is 6.90. The highest BCUT2D eigenvalue weighted by Crippen LogP contribution is 2.18. The van der Waals surface area contributed by atoms with Crippen LogP contribution in [0.4, 0.5) is 4.79 Å². The number of ether oxygens (including phenoxy) is 2. The average Bonchev–Trinajstić information content (AvgIpc) is 2.74. The average molecular weight is 290 g/mol. The first-order chi connectivity index (χ1) is 10.1. The number of hydrogen-bond donors (Lipinski definition) is 1. The van der Waals surface area contributed by atoms with Crippen LogP contribution in [0.2, 0.25) is 0 Å². The van der Waals surface area contributed by atoms with Crippen molar-refractivity contribution in [1.82, 2.24) is 10.2 Å². The van der Waals surface area contributed by atoms with E-state index in [9.17, 15) is 9.59 Å². The highest BCUT2D eigenvalue weighted by Gasteiger charge is 2.32. The Labute approximate surface area is 123 Å². The highest BCUT2D eigenvalue weighted by atomic mass is 16.6. The van der Waals surface area contributed by atoms with Crippen LogP contribution in [0.15, 0.2) is 42.0 Å². The van der Waals surface area contributed by atoms with Gasteiger partial charge in [-0.25, -0.2) is 4.79 Å². The minimum atomic E-state index is -0.728. The second-order valence-electron chi connectivity index (χ2n) is 4.68. The lowest BCUT2D eigenvalue weighted by atomic mass is 10.2. The van der Waals surface area contributed by atoms with Gasteiger partial charge in [-0.1, -0.05) is 30.3 Å². The van der Waals surface area contributed by atoms with Crippen LogP contribution in [0.25, 0.3) is 0 Å². The fourth-order valence-electron chi connectivity index (χ4n) is 2.01. The number of hydrogen-bond acceptors (Lipinski definition) is 4. The molecule has 0 fully saturated rings. The summed E-state index contributed by atoms with van der Waals surface area (Å²) in [6, 6.07) is 9.50. The maximum atomic E-state index is 11.8. The number of alkyl carbamates (subject to hydrolysis) is 1. The molecule has 1 N–H and O–H groups in total. The Balaban J connectivity index is 1.88. The van der Waals surface area contributed by atoms with Gasteiger partial charge in [-0.05, 0) is 18.6 Å². The third kappa shape index (κ3) is 3.82. The number of rotatable bonds is 5. The van der Waals surface area contributed by atoms with Gasteiger partial charge in [0, 0.05) is 19.2 Å². The molecule has 2 rings (SSSR count).